The van der Waals surface area contributed by atoms with E-state index in [0.717, 1.165) is 19.2 Å². The van der Waals surface area contributed by atoms with Gasteiger partial charge in [-0.2, -0.15) is 0 Å². The van der Waals surface area contributed by atoms with Gasteiger partial charge in [-0.15, -0.1) is 0 Å². The van der Waals surface area contributed by atoms with Gasteiger partial charge in [-0.3, -0.25) is 29.9 Å². The number of hydrogen-bond acceptors (Lipinski definition) is 10. The zero-order chi connectivity index (χ0) is 33.5. The van der Waals surface area contributed by atoms with Crippen molar-refractivity contribution in [2.75, 3.05) is 32.7 Å². The molecule has 5 atom stereocenters. The molecule has 1 unspecified atom stereocenters. The molecule has 2 N–H and O–H groups in total. The van der Waals surface area contributed by atoms with E-state index in [-0.39, 0.29) is 51.1 Å². The van der Waals surface area contributed by atoms with E-state index >= 15 is 4.39 Å². The lowest BCUT2D eigenvalue weighted by atomic mass is 9.73. The molecule has 1 saturated heterocycles. The Balaban J connectivity index is 1.74. The number of benzene rings is 3. The second-order valence-electron chi connectivity index (χ2n) is 10.8. The topological polar surface area (TPSA) is 174 Å². The summed E-state index contributed by atoms with van der Waals surface area (Å²) in [5.41, 5.74) is -2.61. The van der Waals surface area contributed by atoms with Crippen molar-refractivity contribution >= 4 is 46.5 Å². The van der Waals surface area contributed by atoms with Crippen molar-refractivity contribution in [2.24, 2.45) is 0 Å². The van der Waals surface area contributed by atoms with E-state index in [1.54, 1.807) is 0 Å². The number of hydrogen-bond donors (Lipinski definition) is 2. The number of nitro benzene ring substituents is 1. The highest BCUT2D eigenvalue weighted by atomic mass is 35.5. The van der Waals surface area contributed by atoms with Gasteiger partial charge < -0.3 is 19.9 Å². The summed E-state index contributed by atoms with van der Waals surface area (Å²) in [6.07, 6.45) is -2.22. The van der Waals surface area contributed by atoms with Gasteiger partial charge in [0.2, 0.25) is 6.04 Å². The van der Waals surface area contributed by atoms with Gasteiger partial charge in [-0.25, -0.2) is 9.18 Å². The normalized spacial score (nSPS) is 22.8. The summed E-state index contributed by atoms with van der Waals surface area (Å²) in [7, 11) is 2.49. The molecule has 1 fully saturated rings. The first-order chi connectivity index (χ1) is 21.9. The Morgan fingerprint density at radius 2 is 1.89 bits per heavy atom. The van der Waals surface area contributed by atoms with Gasteiger partial charge in [0.05, 0.1) is 52.9 Å². The van der Waals surface area contributed by atoms with Crippen LogP contribution in [0.1, 0.15) is 45.5 Å². The minimum atomic E-state index is -1.92. The second-order valence-corrected chi connectivity index (χ2v) is 11.7. The van der Waals surface area contributed by atoms with Gasteiger partial charge in [0, 0.05) is 46.5 Å². The van der Waals surface area contributed by atoms with Gasteiger partial charge in [0.25, 0.3) is 11.6 Å². The highest BCUT2D eigenvalue weighted by molar-refractivity contribution is 6.31. The van der Waals surface area contributed by atoms with Crippen molar-refractivity contribution in [1.82, 2.24) is 4.90 Å². The Labute approximate surface area is 271 Å². The molecule has 3 aromatic rings. The van der Waals surface area contributed by atoms with Gasteiger partial charge in [-0.1, -0.05) is 41.4 Å². The predicted octanol–water partition coefficient (Wildman–Crippen LogP) is 4.86. The molecule has 5 rings (SSSR count). The summed E-state index contributed by atoms with van der Waals surface area (Å²) >= 11 is 12.4. The molecule has 0 bridgehead atoms. The molecule has 16 heteroatoms. The zero-order valence-electron chi connectivity index (χ0n) is 24.3. The third kappa shape index (κ3) is 5.35. The van der Waals surface area contributed by atoms with Crippen LogP contribution in [0, 0.1) is 26.0 Å². The van der Waals surface area contributed by atoms with Crippen molar-refractivity contribution in [3.63, 3.8) is 0 Å². The van der Waals surface area contributed by atoms with E-state index in [1.807, 2.05) is 0 Å². The van der Waals surface area contributed by atoms with Gasteiger partial charge in [0.1, 0.15) is 11.4 Å². The number of amides is 1. The first kappa shape index (κ1) is 33.2. The van der Waals surface area contributed by atoms with Crippen LogP contribution in [0.4, 0.5) is 15.8 Å². The number of nitro groups is 2. The molecule has 3 aromatic carbocycles. The number of nitrogens with zero attached hydrogens (tertiary/aromatic N) is 3. The molecule has 2 heterocycles. The lowest BCUT2D eigenvalue weighted by molar-refractivity contribution is -0.528. The average Bonchev–Trinajstić information content (AvgIpc) is 3.46. The molecule has 242 valence electrons. The second kappa shape index (κ2) is 12.9. The summed E-state index contributed by atoms with van der Waals surface area (Å²) in [5, 5.41) is 39.3. The van der Waals surface area contributed by atoms with E-state index in [1.165, 1.54) is 54.5 Å². The van der Waals surface area contributed by atoms with Crippen LogP contribution in [0.15, 0.2) is 54.6 Å². The number of esters is 1. The van der Waals surface area contributed by atoms with Crippen LogP contribution in [0.25, 0.3) is 0 Å². The predicted molar refractivity (Wildman–Crippen MR) is 163 cm³/mol. The smallest absolute Gasteiger partial charge is 0.338 e. The molecule has 2 aliphatic heterocycles. The van der Waals surface area contributed by atoms with Crippen molar-refractivity contribution in [3.8, 4) is 0 Å². The molecule has 0 aliphatic carbocycles. The minimum Gasteiger partial charge on any atom is -0.465 e. The molecule has 2 aliphatic rings. The molecular weight excluding hydrogens is 650 g/mol. The van der Waals surface area contributed by atoms with Crippen LogP contribution in [-0.2, 0) is 19.8 Å². The molecular formula is C30H27Cl2FN4O9. The number of likely N-dealkylation sites (tertiary alicyclic amines) is 1. The van der Waals surface area contributed by atoms with Crippen LogP contribution in [-0.4, -0.2) is 71.2 Å². The van der Waals surface area contributed by atoms with Gasteiger partial charge >= 0.3 is 5.97 Å². The quantitative estimate of drug-likeness (QED) is 0.171. The highest BCUT2D eigenvalue weighted by Gasteiger charge is 2.71. The molecule has 1 spiro atoms. The number of ether oxygens (including phenoxy) is 2. The van der Waals surface area contributed by atoms with E-state index < -0.39 is 69.3 Å². The van der Waals surface area contributed by atoms with Crippen LogP contribution < -0.4 is 5.32 Å². The molecule has 13 nitrogen and oxygen atoms in total. The van der Waals surface area contributed by atoms with Crippen LogP contribution >= 0.6 is 23.2 Å². The standard InChI is InChI=1S/C30H27Cl2FN4O9/c1-45-11-10-35-23(14-24(38)17-8-6-15(28(39)46-2)12-22(17)36(41)42)27(37(43)44)25(18-4-3-5-20(32)26(18)33)30(35)19-9-7-16(31)13-21(19)34-29(30)40/h3-9,12-13,23-25,27,38H,10-11,14H2,1-2H3,(H,34,40)/t23-,24?,25-,27+,30+/m0/s1. The number of anilines is 1. The highest BCUT2D eigenvalue weighted by Crippen LogP contribution is 2.59. The van der Waals surface area contributed by atoms with Crippen LogP contribution in [0.5, 0.6) is 0 Å². The van der Waals surface area contributed by atoms with Gasteiger partial charge in [-0.05, 0) is 36.8 Å². The number of fused-ring (bicyclic) bond motifs is 2. The monoisotopic (exact) mass is 676 g/mol. The summed E-state index contributed by atoms with van der Waals surface area (Å²) < 4.78 is 25.8. The number of aliphatic hydroxyl groups is 1. The van der Waals surface area contributed by atoms with E-state index in [4.69, 9.17) is 27.9 Å². The molecule has 1 amide bonds. The van der Waals surface area contributed by atoms with Crippen molar-refractivity contribution < 1.29 is 38.4 Å². The number of aliphatic hydroxyl groups excluding tert-OH is 1. The maximum Gasteiger partial charge on any atom is 0.338 e. The first-order valence-corrected chi connectivity index (χ1v) is 14.6. The fourth-order valence-electron chi connectivity index (χ4n) is 6.79. The summed E-state index contributed by atoms with van der Waals surface area (Å²) in [6, 6.07) is 8.73. The van der Waals surface area contributed by atoms with Crippen molar-refractivity contribution in [2.45, 2.75) is 36.1 Å². The van der Waals surface area contributed by atoms with E-state index in [2.05, 4.69) is 10.1 Å². The van der Waals surface area contributed by atoms with E-state index in [9.17, 15) is 34.9 Å². The third-order valence-corrected chi connectivity index (χ3v) is 9.12. The molecule has 0 radical (unpaired) electrons. The number of methoxy groups -OCH3 is 2. The number of rotatable bonds is 10. The van der Waals surface area contributed by atoms with Crippen LogP contribution in [0.2, 0.25) is 10.0 Å². The third-order valence-electron chi connectivity index (χ3n) is 8.59. The van der Waals surface area contributed by atoms with E-state index in [0.29, 0.717) is 0 Å². The van der Waals surface area contributed by atoms with Crippen LogP contribution in [0.3, 0.4) is 0 Å². The Hall–Kier alpha value is -4.21. The number of carbonyl (C=O) groups excluding carboxylic acids is 2. The summed E-state index contributed by atoms with van der Waals surface area (Å²) in [4.78, 5) is 51.4. The molecule has 0 saturated carbocycles. The average molecular weight is 677 g/mol. The largest absolute Gasteiger partial charge is 0.465 e. The number of halogens is 3. The Morgan fingerprint density at radius 3 is 2.54 bits per heavy atom. The fraction of sp³-hybridized carbons (Fsp3) is 0.333. The zero-order valence-corrected chi connectivity index (χ0v) is 25.8. The number of nitrogens with one attached hydrogen (secondary N) is 1. The SMILES string of the molecule is COCCN1[C@@H](CC(O)c2ccc(C(=O)OC)cc2[N+](=O)[O-])[C@@H]([N+](=O)[O-])[C@H](c2cccc(Cl)c2F)[C@]12C(=O)Nc1cc(Cl)ccc12. The van der Waals surface area contributed by atoms with Crippen molar-refractivity contribution in [3.05, 3.63) is 113 Å². The summed E-state index contributed by atoms with van der Waals surface area (Å²) in [6.45, 7) is -0.135. The summed E-state index contributed by atoms with van der Waals surface area (Å²) in [5.74, 6) is -4.02. The minimum absolute atomic E-state index is 0.0340. The molecule has 0 aromatic heterocycles. The first-order valence-electron chi connectivity index (χ1n) is 13.9. The maximum absolute atomic E-state index is 15.9. The number of carbonyl (C=O) groups is 2. The Morgan fingerprint density at radius 1 is 1.15 bits per heavy atom. The lowest BCUT2D eigenvalue weighted by Gasteiger charge is -2.38. The van der Waals surface area contributed by atoms with Gasteiger partial charge in [0.15, 0.2) is 0 Å². The fourth-order valence-corrected chi connectivity index (χ4v) is 7.15. The van der Waals surface area contributed by atoms with Crippen molar-refractivity contribution in [1.29, 1.82) is 0 Å². The lowest BCUT2D eigenvalue weighted by Crippen LogP contribution is -2.53. The maximum atomic E-state index is 15.9. The molecule has 46 heavy (non-hydrogen) atoms. The Kier molecular flexibility index (Phi) is 9.29. The Bertz CT molecular complexity index is 1740.